The molecule has 1 N–H and O–H groups in total. The molecule has 0 saturated heterocycles. The number of carbonyl (C=O) groups excluding carboxylic acids is 1. The number of nitrogens with zero attached hydrogens (tertiary/aromatic N) is 1. The lowest BCUT2D eigenvalue weighted by Crippen LogP contribution is -2.36. The number of non-ortho nitro benzene ring substituents is 1. The molecule has 0 radical (unpaired) electrons. The van der Waals surface area contributed by atoms with Crippen molar-refractivity contribution in [2.75, 3.05) is 0 Å². The third-order valence-electron chi connectivity index (χ3n) is 9.85. The minimum absolute atomic E-state index is 0.0662. The maximum Gasteiger partial charge on any atom is 0.514 e. The van der Waals surface area contributed by atoms with Crippen molar-refractivity contribution in [3.63, 3.8) is 0 Å². The average Bonchev–Trinajstić information content (AvgIpc) is 3.26. The number of benzene rings is 1. The molecule has 1 aromatic carbocycles. The molecule has 7 heteroatoms. The molecule has 0 aliphatic heterocycles. The van der Waals surface area contributed by atoms with Gasteiger partial charge in [-0.3, -0.25) is 10.1 Å². The van der Waals surface area contributed by atoms with Gasteiger partial charge in [-0.15, -0.1) is 0 Å². The second-order valence-corrected chi connectivity index (χ2v) is 13.4. The van der Waals surface area contributed by atoms with Gasteiger partial charge in [0.05, 0.1) is 10.5 Å². The van der Waals surface area contributed by atoms with Crippen LogP contribution in [0.15, 0.2) is 59.7 Å². The Morgan fingerprint density at radius 2 is 1.95 bits per heavy atom. The normalized spacial score (nSPS) is 29.3. The first-order valence-corrected chi connectivity index (χ1v) is 15.3. The smallest absolute Gasteiger partial charge is 0.430 e. The zero-order chi connectivity index (χ0) is 29.8. The van der Waals surface area contributed by atoms with Crippen LogP contribution in [0.2, 0.25) is 0 Å². The summed E-state index contributed by atoms with van der Waals surface area (Å²) in [6.07, 6.45) is 14.8. The Kier molecular flexibility index (Phi) is 9.78. The van der Waals surface area contributed by atoms with Crippen molar-refractivity contribution in [3.8, 4) is 5.75 Å². The summed E-state index contributed by atoms with van der Waals surface area (Å²) < 4.78 is 10.9. The number of allylic oxidation sites excluding steroid dienone is 4. The van der Waals surface area contributed by atoms with Crippen LogP contribution in [0.3, 0.4) is 0 Å². The van der Waals surface area contributed by atoms with Crippen molar-refractivity contribution in [1.82, 2.24) is 0 Å². The molecule has 0 bridgehead atoms. The quantitative estimate of drug-likeness (QED) is 0.139. The van der Waals surface area contributed by atoms with Gasteiger partial charge in [0.15, 0.2) is 0 Å². The predicted molar refractivity (Wildman–Crippen MR) is 161 cm³/mol. The SMILES string of the molecule is C=C1CC[C@H](OC(=O)Oc2ccc([N+](=O)[O-])cc2)C/C1=C/C=C1\CCC[C@]2(C)[C@@H]([C@H](C)CCCC(C)(C)O)CC[C@@H]12. The predicted octanol–water partition coefficient (Wildman–Crippen LogP) is 8.87. The van der Waals surface area contributed by atoms with Gasteiger partial charge in [0.1, 0.15) is 11.9 Å². The van der Waals surface area contributed by atoms with Crippen molar-refractivity contribution >= 4 is 11.8 Å². The number of hydrogen-bond acceptors (Lipinski definition) is 6. The van der Waals surface area contributed by atoms with E-state index < -0.39 is 16.7 Å². The summed E-state index contributed by atoms with van der Waals surface area (Å²) in [7, 11) is 0. The molecule has 0 amide bonds. The summed E-state index contributed by atoms with van der Waals surface area (Å²) >= 11 is 0. The zero-order valence-electron chi connectivity index (χ0n) is 25.2. The summed E-state index contributed by atoms with van der Waals surface area (Å²) in [5.41, 5.74) is 3.44. The third kappa shape index (κ3) is 7.88. The van der Waals surface area contributed by atoms with E-state index in [4.69, 9.17) is 9.47 Å². The number of ether oxygens (including phenoxy) is 2. The molecule has 7 nitrogen and oxygen atoms in total. The van der Waals surface area contributed by atoms with Gasteiger partial charge in [-0.2, -0.15) is 0 Å². The molecular formula is C34H47NO6. The highest BCUT2D eigenvalue weighted by atomic mass is 16.7. The van der Waals surface area contributed by atoms with Crippen LogP contribution in [0.4, 0.5) is 10.5 Å². The van der Waals surface area contributed by atoms with E-state index in [1.807, 2.05) is 13.8 Å². The van der Waals surface area contributed by atoms with Gasteiger partial charge in [0.25, 0.3) is 5.69 Å². The number of nitro groups is 1. The van der Waals surface area contributed by atoms with Gasteiger partial charge >= 0.3 is 6.16 Å². The van der Waals surface area contributed by atoms with Crippen molar-refractivity contribution < 1.29 is 24.3 Å². The van der Waals surface area contributed by atoms with Crippen LogP contribution >= 0.6 is 0 Å². The molecule has 3 fully saturated rings. The summed E-state index contributed by atoms with van der Waals surface area (Å²) in [4.78, 5) is 22.7. The first-order chi connectivity index (χ1) is 19.4. The fourth-order valence-electron chi connectivity index (χ4n) is 7.65. The Morgan fingerprint density at radius 1 is 1.22 bits per heavy atom. The van der Waals surface area contributed by atoms with Gasteiger partial charge in [-0.25, -0.2) is 4.79 Å². The topological polar surface area (TPSA) is 98.9 Å². The second-order valence-electron chi connectivity index (χ2n) is 13.4. The first-order valence-electron chi connectivity index (χ1n) is 15.3. The van der Waals surface area contributed by atoms with Gasteiger partial charge in [0, 0.05) is 18.6 Å². The van der Waals surface area contributed by atoms with E-state index in [1.54, 1.807) is 5.57 Å². The molecule has 4 rings (SSSR count). The maximum absolute atomic E-state index is 12.4. The lowest BCUT2D eigenvalue weighted by atomic mass is 9.60. The van der Waals surface area contributed by atoms with Crippen LogP contribution in [0.5, 0.6) is 5.75 Å². The number of nitro benzene ring substituents is 1. The Morgan fingerprint density at radius 3 is 2.63 bits per heavy atom. The van der Waals surface area contributed by atoms with E-state index in [2.05, 4.69) is 32.6 Å². The number of aliphatic hydroxyl groups is 1. The average molecular weight is 566 g/mol. The minimum Gasteiger partial charge on any atom is -0.430 e. The number of carbonyl (C=O) groups is 1. The first kappa shape index (κ1) is 31.0. The molecule has 224 valence electrons. The highest BCUT2D eigenvalue weighted by Gasteiger charge is 2.50. The van der Waals surface area contributed by atoms with Crippen molar-refractivity contribution in [2.45, 2.75) is 110 Å². The van der Waals surface area contributed by atoms with Crippen LogP contribution in [-0.2, 0) is 4.74 Å². The lowest BCUT2D eigenvalue weighted by Gasteiger charge is -2.44. The zero-order valence-corrected chi connectivity index (χ0v) is 25.2. The Hall–Kier alpha value is -2.93. The third-order valence-corrected chi connectivity index (χ3v) is 9.85. The fraction of sp³-hybridized carbons (Fsp3) is 0.618. The van der Waals surface area contributed by atoms with Crippen LogP contribution in [0, 0.1) is 33.3 Å². The van der Waals surface area contributed by atoms with E-state index in [1.165, 1.54) is 56.4 Å². The van der Waals surface area contributed by atoms with Crippen molar-refractivity contribution in [3.05, 3.63) is 69.8 Å². The van der Waals surface area contributed by atoms with Gasteiger partial charge in [0.2, 0.25) is 0 Å². The number of hydrogen-bond donors (Lipinski definition) is 1. The van der Waals surface area contributed by atoms with Gasteiger partial charge in [-0.1, -0.05) is 56.6 Å². The summed E-state index contributed by atoms with van der Waals surface area (Å²) in [5.74, 6) is 2.19. The van der Waals surface area contributed by atoms with E-state index in [9.17, 15) is 20.0 Å². The Balaban J connectivity index is 1.36. The van der Waals surface area contributed by atoms with Crippen molar-refractivity contribution in [1.29, 1.82) is 0 Å². The van der Waals surface area contributed by atoms with E-state index >= 15 is 0 Å². The second kappa shape index (κ2) is 12.9. The summed E-state index contributed by atoms with van der Waals surface area (Å²) in [6, 6.07) is 5.37. The molecule has 1 aromatic rings. The molecule has 41 heavy (non-hydrogen) atoms. The molecule has 0 unspecified atom stereocenters. The summed E-state index contributed by atoms with van der Waals surface area (Å²) in [6.45, 7) is 13.0. The van der Waals surface area contributed by atoms with Gasteiger partial charge < -0.3 is 14.6 Å². The summed E-state index contributed by atoms with van der Waals surface area (Å²) in [5, 5.41) is 21.0. The van der Waals surface area contributed by atoms with Crippen molar-refractivity contribution in [2.24, 2.45) is 23.2 Å². The molecule has 3 aliphatic carbocycles. The Labute approximate surface area is 244 Å². The van der Waals surface area contributed by atoms with E-state index in [0.717, 1.165) is 42.7 Å². The number of rotatable bonds is 9. The highest BCUT2D eigenvalue weighted by molar-refractivity contribution is 5.64. The molecule has 0 heterocycles. The maximum atomic E-state index is 12.4. The minimum atomic E-state index is -0.800. The molecule has 0 spiro atoms. The lowest BCUT2D eigenvalue weighted by molar-refractivity contribution is -0.384. The molecule has 0 aromatic heterocycles. The van der Waals surface area contributed by atoms with Gasteiger partial charge in [-0.05, 0) is 106 Å². The van der Waals surface area contributed by atoms with E-state index in [-0.39, 0.29) is 17.5 Å². The standard InChI is InChI=1S/C34H47NO6/c1-23-10-15-29(41-32(36)40-28-16-13-27(14-17-28)35(38)39)22-26(23)12-11-25-9-7-21-34(5)30(18-19-31(25)34)24(2)8-6-20-33(3,4)37/h11-14,16-17,24,29-31,37H,1,6-10,15,18-22H2,2-5H3/b25-11+,26-12-/t24-,29+,30-,31+,34-/m1/s1. The van der Waals surface area contributed by atoms with Crippen LogP contribution < -0.4 is 4.74 Å². The van der Waals surface area contributed by atoms with Crippen LogP contribution in [-0.4, -0.2) is 27.9 Å². The molecular weight excluding hydrogens is 518 g/mol. The number of fused-ring (bicyclic) bond motifs is 1. The fourth-order valence-corrected chi connectivity index (χ4v) is 7.65. The van der Waals surface area contributed by atoms with E-state index in [0.29, 0.717) is 30.1 Å². The monoisotopic (exact) mass is 565 g/mol. The van der Waals surface area contributed by atoms with Crippen LogP contribution in [0.1, 0.15) is 98.3 Å². The molecule has 5 atom stereocenters. The molecule has 3 aliphatic rings. The largest absolute Gasteiger partial charge is 0.514 e. The molecule has 3 saturated carbocycles. The Bertz CT molecular complexity index is 1180. The van der Waals surface area contributed by atoms with Crippen LogP contribution in [0.25, 0.3) is 0 Å². The highest BCUT2D eigenvalue weighted by Crippen LogP contribution is 2.60.